The first kappa shape index (κ1) is 12.0. The zero-order valence-electron chi connectivity index (χ0n) is 8.19. The van der Waals surface area contributed by atoms with Gasteiger partial charge in [0.1, 0.15) is 0 Å². The highest BCUT2D eigenvalue weighted by atomic mass is 16.5. The maximum atomic E-state index is 10.2. The van der Waals surface area contributed by atoms with Gasteiger partial charge in [-0.3, -0.25) is 0 Å². The number of carboxylic acid groups (broad SMARTS) is 1. The van der Waals surface area contributed by atoms with Crippen molar-refractivity contribution in [2.24, 2.45) is 0 Å². The van der Waals surface area contributed by atoms with E-state index in [0.29, 0.717) is 13.2 Å². The topological polar surface area (TPSA) is 49.8 Å². The predicted molar refractivity (Wildman–Crippen MR) is 50.5 cm³/mol. The number of rotatable bonds is 7. The molecule has 0 atom stereocenters. The quantitative estimate of drug-likeness (QED) is 0.476. The molecular formula is C9H17NO3. The van der Waals surface area contributed by atoms with Crippen LogP contribution in [0.15, 0.2) is 12.3 Å². The van der Waals surface area contributed by atoms with E-state index in [2.05, 4.69) is 0 Å². The number of ether oxygens (including phenoxy) is 1. The van der Waals surface area contributed by atoms with Crippen molar-refractivity contribution in [3.8, 4) is 0 Å². The number of aliphatic carboxylic acids is 1. The molecule has 0 aliphatic rings. The molecule has 0 aromatic rings. The summed E-state index contributed by atoms with van der Waals surface area (Å²) in [6, 6.07) is 0. The van der Waals surface area contributed by atoms with Crippen molar-refractivity contribution in [1.82, 2.24) is 4.90 Å². The molecule has 0 radical (unpaired) electrons. The lowest BCUT2D eigenvalue weighted by Gasteiger charge is -2.17. The van der Waals surface area contributed by atoms with Crippen molar-refractivity contribution in [2.45, 2.75) is 13.8 Å². The van der Waals surface area contributed by atoms with E-state index in [9.17, 15) is 4.79 Å². The van der Waals surface area contributed by atoms with Crippen LogP contribution in [0.3, 0.4) is 0 Å². The van der Waals surface area contributed by atoms with Crippen LogP contribution in [0.25, 0.3) is 0 Å². The first-order valence-electron chi connectivity index (χ1n) is 4.43. The Hall–Kier alpha value is -1.03. The number of carboxylic acids is 1. The van der Waals surface area contributed by atoms with Crippen LogP contribution in [0.2, 0.25) is 0 Å². The lowest BCUT2D eigenvalue weighted by molar-refractivity contribution is -0.131. The number of nitrogens with zero attached hydrogens (tertiary/aromatic N) is 1. The Balaban J connectivity index is 3.69. The molecule has 0 bridgehead atoms. The Morgan fingerprint density at radius 1 is 1.54 bits per heavy atom. The second kappa shape index (κ2) is 7.61. The van der Waals surface area contributed by atoms with Crippen molar-refractivity contribution in [3.63, 3.8) is 0 Å². The fraction of sp³-hybridized carbons (Fsp3) is 0.667. The molecule has 0 saturated carbocycles. The third kappa shape index (κ3) is 7.33. The van der Waals surface area contributed by atoms with Gasteiger partial charge in [0.2, 0.25) is 0 Å². The fourth-order valence-corrected chi connectivity index (χ4v) is 0.833. The summed E-state index contributed by atoms with van der Waals surface area (Å²) in [6.45, 7) is 6.75. The Morgan fingerprint density at radius 2 is 2.23 bits per heavy atom. The minimum absolute atomic E-state index is 0.633. The maximum absolute atomic E-state index is 10.2. The summed E-state index contributed by atoms with van der Waals surface area (Å²) in [5, 5.41) is 8.38. The summed E-state index contributed by atoms with van der Waals surface area (Å²) in [6.07, 6.45) is 2.71. The lowest BCUT2D eigenvalue weighted by atomic mass is 10.5. The molecule has 0 fully saturated rings. The van der Waals surface area contributed by atoms with Gasteiger partial charge in [0.15, 0.2) is 0 Å². The molecule has 0 aliphatic carbocycles. The van der Waals surface area contributed by atoms with Crippen molar-refractivity contribution in [1.29, 1.82) is 0 Å². The molecule has 1 N–H and O–H groups in total. The zero-order valence-corrected chi connectivity index (χ0v) is 8.19. The van der Waals surface area contributed by atoms with Gasteiger partial charge in [-0.15, -0.1) is 0 Å². The largest absolute Gasteiger partial charge is 0.478 e. The fourth-order valence-electron chi connectivity index (χ4n) is 0.833. The van der Waals surface area contributed by atoms with E-state index in [1.165, 1.54) is 0 Å². The molecule has 0 unspecified atom stereocenters. The zero-order chi connectivity index (χ0) is 10.1. The normalized spacial score (nSPS) is 10.6. The summed E-state index contributed by atoms with van der Waals surface area (Å²) in [7, 11) is 0. The average Bonchev–Trinajstić information content (AvgIpc) is 2.10. The van der Waals surface area contributed by atoms with Gasteiger partial charge in [0, 0.05) is 32.0 Å². The molecule has 0 rings (SSSR count). The number of hydrogen-bond acceptors (Lipinski definition) is 3. The maximum Gasteiger partial charge on any atom is 0.329 e. The summed E-state index contributed by atoms with van der Waals surface area (Å²) in [4.78, 5) is 12.1. The van der Waals surface area contributed by atoms with Crippen molar-refractivity contribution in [3.05, 3.63) is 12.3 Å². The predicted octanol–water partition coefficient (Wildman–Crippen LogP) is 0.943. The SMILES string of the molecule is CCOCCN(C=CC(=O)O)CC. The summed E-state index contributed by atoms with van der Waals surface area (Å²) < 4.78 is 5.15. The van der Waals surface area contributed by atoms with E-state index >= 15 is 0 Å². The van der Waals surface area contributed by atoms with Crippen LogP contribution < -0.4 is 0 Å². The molecular weight excluding hydrogens is 170 g/mol. The summed E-state index contributed by atoms with van der Waals surface area (Å²) in [5.74, 6) is -0.921. The van der Waals surface area contributed by atoms with Crippen LogP contribution in [-0.2, 0) is 9.53 Å². The molecule has 0 amide bonds. The minimum Gasteiger partial charge on any atom is -0.478 e. The lowest BCUT2D eigenvalue weighted by Crippen LogP contribution is -2.22. The minimum atomic E-state index is -0.921. The Morgan fingerprint density at radius 3 is 2.69 bits per heavy atom. The number of carbonyl (C=O) groups is 1. The van der Waals surface area contributed by atoms with Crippen LogP contribution in [0, 0.1) is 0 Å². The molecule has 13 heavy (non-hydrogen) atoms. The van der Waals surface area contributed by atoms with Gasteiger partial charge < -0.3 is 14.7 Å². The molecule has 0 aliphatic heterocycles. The molecule has 4 heteroatoms. The van der Waals surface area contributed by atoms with Crippen LogP contribution >= 0.6 is 0 Å². The van der Waals surface area contributed by atoms with E-state index in [4.69, 9.17) is 9.84 Å². The molecule has 0 spiro atoms. The highest BCUT2D eigenvalue weighted by Gasteiger charge is 1.95. The van der Waals surface area contributed by atoms with E-state index in [1.54, 1.807) is 6.20 Å². The van der Waals surface area contributed by atoms with Crippen LogP contribution in [0.1, 0.15) is 13.8 Å². The molecule has 76 valence electrons. The molecule has 0 heterocycles. The van der Waals surface area contributed by atoms with Crippen LogP contribution in [0.4, 0.5) is 0 Å². The Bertz CT molecular complexity index is 168. The molecule has 4 nitrogen and oxygen atoms in total. The van der Waals surface area contributed by atoms with Crippen molar-refractivity contribution < 1.29 is 14.6 Å². The van der Waals surface area contributed by atoms with E-state index < -0.39 is 5.97 Å². The monoisotopic (exact) mass is 187 g/mol. The second-order valence-corrected chi connectivity index (χ2v) is 2.48. The number of hydrogen-bond donors (Lipinski definition) is 1. The van der Waals surface area contributed by atoms with Gasteiger partial charge in [0.05, 0.1) is 6.61 Å². The van der Waals surface area contributed by atoms with E-state index in [-0.39, 0.29) is 0 Å². The number of likely N-dealkylation sites (N-methyl/N-ethyl adjacent to an activating group) is 1. The van der Waals surface area contributed by atoms with Gasteiger partial charge in [0.25, 0.3) is 0 Å². The first-order chi connectivity index (χ1) is 6.20. The van der Waals surface area contributed by atoms with Crippen LogP contribution in [0.5, 0.6) is 0 Å². The third-order valence-corrected chi connectivity index (χ3v) is 1.56. The summed E-state index contributed by atoms with van der Waals surface area (Å²) >= 11 is 0. The van der Waals surface area contributed by atoms with Gasteiger partial charge in [-0.05, 0) is 13.8 Å². The highest BCUT2D eigenvalue weighted by Crippen LogP contribution is 1.89. The van der Waals surface area contributed by atoms with E-state index in [1.807, 2.05) is 18.7 Å². The highest BCUT2D eigenvalue weighted by molar-refractivity contribution is 5.79. The van der Waals surface area contributed by atoms with Gasteiger partial charge in [-0.25, -0.2) is 4.79 Å². The van der Waals surface area contributed by atoms with Crippen LogP contribution in [-0.4, -0.2) is 42.3 Å². The van der Waals surface area contributed by atoms with Gasteiger partial charge >= 0.3 is 5.97 Å². The molecule has 0 saturated heterocycles. The molecule has 0 aromatic carbocycles. The van der Waals surface area contributed by atoms with Crippen molar-refractivity contribution >= 4 is 5.97 Å². The summed E-state index contributed by atoms with van der Waals surface area (Å²) in [5.41, 5.74) is 0. The van der Waals surface area contributed by atoms with E-state index in [0.717, 1.165) is 19.2 Å². The Kier molecular flexibility index (Phi) is 7.01. The third-order valence-electron chi connectivity index (χ3n) is 1.56. The second-order valence-electron chi connectivity index (χ2n) is 2.48. The van der Waals surface area contributed by atoms with Crippen molar-refractivity contribution in [2.75, 3.05) is 26.3 Å². The van der Waals surface area contributed by atoms with Gasteiger partial charge in [-0.2, -0.15) is 0 Å². The molecule has 0 aromatic heterocycles. The smallest absolute Gasteiger partial charge is 0.329 e. The Labute approximate surface area is 78.8 Å². The first-order valence-corrected chi connectivity index (χ1v) is 4.43. The average molecular weight is 187 g/mol. The standard InChI is InChI=1S/C9H17NO3/c1-3-10(6-5-9(11)12)7-8-13-4-2/h5-6H,3-4,7-8H2,1-2H3,(H,11,12). The van der Waals surface area contributed by atoms with Gasteiger partial charge in [-0.1, -0.05) is 0 Å².